The highest BCUT2D eigenvalue weighted by Gasteiger charge is 2.15. The number of halogens is 1. The Morgan fingerprint density at radius 2 is 2.29 bits per heavy atom. The fourth-order valence-corrected chi connectivity index (χ4v) is 2.54. The van der Waals surface area contributed by atoms with Crippen molar-refractivity contribution in [2.24, 2.45) is 0 Å². The van der Waals surface area contributed by atoms with Crippen molar-refractivity contribution in [3.63, 3.8) is 0 Å². The average Bonchev–Trinajstić information content (AvgIpc) is 2.70. The molecule has 0 bridgehead atoms. The number of rotatable bonds is 3. The fourth-order valence-electron chi connectivity index (χ4n) is 1.26. The number of nitrogen functional groups attached to an aromatic ring is 1. The van der Waals surface area contributed by atoms with Gasteiger partial charge in [0.2, 0.25) is 5.76 Å². The van der Waals surface area contributed by atoms with Gasteiger partial charge < -0.3 is 10.2 Å². The second kappa shape index (κ2) is 4.93. The molecule has 2 N–H and O–H groups in total. The molecule has 0 radical (unpaired) electrons. The Bertz CT molecular complexity index is 568. The molecule has 2 rings (SSSR count). The minimum absolute atomic E-state index is 0.152. The smallest absolute Gasteiger partial charge is 0.203 e. The Morgan fingerprint density at radius 1 is 1.53 bits per heavy atom. The lowest BCUT2D eigenvalue weighted by Crippen LogP contribution is -1.93. The maximum absolute atomic E-state index is 11.3. The number of Topliss-reactive ketones (excluding diaryl/α,β-unsaturated/α-hetero) is 1. The molecule has 2 aromatic rings. The SMILES string of the molecule is CC(=O)c1ocnc1Sc1ccc(Br)cc1N. The van der Waals surface area contributed by atoms with E-state index in [1.807, 2.05) is 12.1 Å². The fraction of sp³-hybridized carbons (Fsp3) is 0.0909. The van der Waals surface area contributed by atoms with Gasteiger partial charge in [-0.15, -0.1) is 0 Å². The van der Waals surface area contributed by atoms with Gasteiger partial charge in [-0.2, -0.15) is 0 Å². The number of hydrogen-bond acceptors (Lipinski definition) is 5. The van der Waals surface area contributed by atoms with Crippen molar-refractivity contribution in [2.45, 2.75) is 16.8 Å². The summed E-state index contributed by atoms with van der Waals surface area (Å²) in [5, 5.41) is 0.534. The summed E-state index contributed by atoms with van der Waals surface area (Å²) in [6.45, 7) is 1.44. The van der Waals surface area contributed by atoms with Crippen molar-refractivity contribution in [1.82, 2.24) is 4.98 Å². The number of nitrogens with two attached hydrogens (primary N) is 1. The summed E-state index contributed by atoms with van der Waals surface area (Å²) in [6.07, 6.45) is 1.26. The Morgan fingerprint density at radius 3 is 2.94 bits per heavy atom. The third kappa shape index (κ3) is 2.70. The second-order valence-corrected chi connectivity index (χ2v) is 5.27. The van der Waals surface area contributed by atoms with Gasteiger partial charge in [0, 0.05) is 22.0 Å². The van der Waals surface area contributed by atoms with Crippen LogP contribution in [0.1, 0.15) is 17.5 Å². The number of aromatic nitrogens is 1. The highest BCUT2D eigenvalue weighted by molar-refractivity contribution is 9.10. The maximum atomic E-state index is 11.3. The van der Waals surface area contributed by atoms with Crippen molar-refractivity contribution in [3.05, 3.63) is 34.8 Å². The number of anilines is 1. The second-order valence-electron chi connectivity index (χ2n) is 3.33. The van der Waals surface area contributed by atoms with E-state index in [1.54, 1.807) is 6.07 Å². The Hall–Kier alpha value is -1.27. The van der Waals surface area contributed by atoms with E-state index in [1.165, 1.54) is 25.1 Å². The molecule has 4 nitrogen and oxygen atoms in total. The average molecular weight is 313 g/mol. The van der Waals surface area contributed by atoms with Crippen molar-refractivity contribution in [3.8, 4) is 0 Å². The van der Waals surface area contributed by atoms with Crippen LogP contribution in [0.2, 0.25) is 0 Å². The summed E-state index contributed by atoms with van der Waals surface area (Å²) in [5.41, 5.74) is 6.50. The predicted octanol–water partition coefficient (Wildman–Crippen LogP) is 3.37. The van der Waals surface area contributed by atoms with Crippen LogP contribution >= 0.6 is 27.7 Å². The van der Waals surface area contributed by atoms with Crippen LogP contribution in [0.5, 0.6) is 0 Å². The zero-order chi connectivity index (χ0) is 12.4. The molecule has 88 valence electrons. The van der Waals surface area contributed by atoms with Gasteiger partial charge in [-0.1, -0.05) is 27.7 Å². The van der Waals surface area contributed by atoms with Gasteiger partial charge in [-0.05, 0) is 18.2 Å². The molecule has 0 saturated carbocycles. The first kappa shape index (κ1) is 12.2. The molecule has 0 unspecified atom stereocenters. The summed E-state index contributed by atoms with van der Waals surface area (Å²) in [4.78, 5) is 16.1. The zero-order valence-corrected chi connectivity index (χ0v) is 11.3. The molecule has 1 aromatic carbocycles. The summed E-state index contributed by atoms with van der Waals surface area (Å²) >= 11 is 4.65. The standard InChI is InChI=1S/C11H9BrN2O2S/c1-6(15)10-11(14-5-16-10)17-9-3-2-7(12)4-8(9)13/h2-5H,13H2,1H3. The van der Waals surface area contributed by atoms with Crippen molar-refractivity contribution in [2.75, 3.05) is 5.73 Å². The molecule has 0 atom stereocenters. The van der Waals surface area contributed by atoms with E-state index >= 15 is 0 Å². The molecule has 1 heterocycles. The third-order valence-corrected chi connectivity index (χ3v) is 3.60. The summed E-state index contributed by atoms with van der Waals surface area (Å²) in [5.74, 6) is 0.109. The summed E-state index contributed by atoms with van der Waals surface area (Å²) < 4.78 is 5.94. The molecule has 0 amide bonds. The van der Waals surface area contributed by atoms with Gasteiger partial charge in [0.1, 0.15) is 0 Å². The lowest BCUT2D eigenvalue weighted by atomic mass is 10.3. The lowest BCUT2D eigenvalue weighted by molar-refractivity contribution is 0.0983. The number of nitrogens with zero attached hydrogens (tertiary/aromatic N) is 1. The minimum atomic E-state index is -0.152. The normalized spacial score (nSPS) is 10.5. The van der Waals surface area contributed by atoms with E-state index in [4.69, 9.17) is 10.2 Å². The van der Waals surface area contributed by atoms with Gasteiger partial charge >= 0.3 is 0 Å². The number of carbonyl (C=O) groups excluding carboxylic acids is 1. The summed E-state index contributed by atoms with van der Waals surface area (Å²) in [7, 11) is 0. The van der Waals surface area contributed by atoms with Crippen molar-refractivity contribution < 1.29 is 9.21 Å². The van der Waals surface area contributed by atoms with Crippen LogP contribution in [0.4, 0.5) is 5.69 Å². The van der Waals surface area contributed by atoms with Gasteiger partial charge in [0.25, 0.3) is 0 Å². The quantitative estimate of drug-likeness (QED) is 0.695. The van der Waals surface area contributed by atoms with E-state index in [0.717, 1.165) is 9.37 Å². The number of benzene rings is 1. The monoisotopic (exact) mass is 312 g/mol. The number of oxazole rings is 1. The van der Waals surface area contributed by atoms with Gasteiger partial charge in [-0.3, -0.25) is 4.79 Å². The first-order valence-electron chi connectivity index (χ1n) is 4.75. The van der Waals surface area contributed by atoms with Crippen LogP contribution in [0.15, 0.2) is 43.4 Å². The zero-order valence-electron chi connectivity index (χ0n) is 8.94. The number of ketones is 1. The molecule has 0 aliphatic heterocycles. The maximum Gasteiger partial charge on any atom is 0.203 e. The molecule has 1 aromatic heterocycles. The van der Waals surface area contributed by atoms with Crippen LogP contribution in [0, 0.1) is 0 Å². The number of carbonyl (C=O) groups is 1. The minimum Gasteiger partial charge on any atom is -0.439 e. The predicted molar refractivity (Wildman–Crippen MR) is 69.2 cm³/mol. The highest BCUT2D eigenvalue weighted by Crippen LogP contribution is 2.34. The van der Waals surface area contributed by atoms with Gasteiger partial charge in [0.05, 0.1) is 0 Å². The van der Waals surface area contributed by atoms with Crippen molar-refractivity contribution in [1.29, 1.82) is 0 Å². The molecule has 0 aliphatic rings. The summed E-state index contributed by atoms with van der Waals surface area (Å²) in [6, 6.07) is 5.55. The first-order chi connectivity index (χ1) is 8.08. The molecular formula is C11H9BrN2O2S. The van der Waals surface area contributed by atoms with Crippen LogP contribution < -0.4 is 5.73 Å². The third-order valence-electron chi connectivity index (χ3n) is 2.03. The molecule has 0 spiro atoms. The largest absolute Gasteiger partial charge is 0.439 e. The van der Waals surface area contributed by atoms with Crippen LogP contribution in [-0.2, 0) is 0 Å². The van der Waals surface area contributed by atoms with E-state index in [9.17, 15) is 4.79 Å². The Balaban J connectivity index is 2.31. The molecule has 0 saturated heterocycles. The van der Waals surface area contributed by atoms with E-state index < -0.39 is 0 Å². The Kier molecular flexibility index (Phi) is 3.54. The van der Waals surface area contributed by atoms with Crippen LogP contribution in [0.25, 0.3) is 0 Å². The molecule has 0 fully saturated rings. The van der Waals surface area contributed by atoms with E-state index in [-0.39, 0.29) is 11.5 Å². The molecule has 0 aliphatic carbocycles. The Labute approximate surface area is 111 Å². The van der Waals surface area contributed by atoms with Crippen LogP contribution in [-0.4, -0.2) is 10.8 Å². The molecule has 6 heteroatoms. The van der Waals surface area contributed by atoms with Gasteiger partial charge in [0.15, 0.2) is 17.2 Å². The lowest BCUT2D eigenvalue weighted by Gasteiger charge is -2.03. The molecular weight excluding hydrogens is 304 g/mol. The number of hydrogen-bond donors (Lipinski definition) is 1. The highest BCUT2D eigenvalue weighted by atomic mass is 79.9. The first-order valence-corrected chi connectivity index (χ1v) is 6.36. The van der Waals surface area contributed by atoms with E-state index in [2.05, 4.69) is 20.9 Å². The topological polar surface area (TPSA) is 69.1 Å². The van der Waals surface area contributed by atoms with Crippen molar-refractivity contribution >= 4 is 39.2 Å². The van der Waals surface area contributed by atoms with E-state index in [0.29, 0.717) is 10.7 Å². The van der Waals surface area contributed by atoms with Crippen LogP contribution in [0.3, 0.4) is 0 Å². The molecule has 17 heavy (non-hydrogen) atoms. The van der Waals surface area contributed by atoms with Gasteiger partial charge in [-0.25, -0.2) is 4.98 Å².